The Morgan fingerprint density at radius 3 is 2.43 bits per heavy atom. The smallest absolute Gasteiger partial charge is 0.236 e. The van der Waals surface area contributed by atoms with Crippen molar-refractivity contribution in [2.45, 2.75) is 58.0 Å². The molecule has 2 rings (SSSR count). The van der Waals surface area contributed by atoms with Crippen molar-refractivity contribution in [2.24, 2.45) is 22.2 Å². The van der Waals surface area contributed by atoms with Gasteiger partial charge in [-0.1, -0.05) is 37.8 Å². The molecule has 4 N–H and O–H groups in total. The van der Waals surface area contributed by atoms with E-state index in [4.69, 9.17) is 10.9 Å². The molecular weight excluding hydrogens is 270 g/mol. The molecule has 1 saturated heterocycles. The van der Waals surface area contributed by atoms with Crippen LogP contribution >= 0.6 is 0 Å². The second-order valence-electron chi connectivity index (χ2n) is 6.57. The first-order valence-corrected chi connectivity index (χ1v) is 7.96. The number of hydrogen-bond donors (Lipinski definition) is 3. The summed E-state index contributed by atoms with van der Waals surface area (Å²) in [5.74, 6) is 0.0874. The van der Waals surface area contributed by atoms with E-state index in [0.717, 1.165) is 25.7 Å². The summed E-state index contributed by atoms with van der Waals surface area (Å²) >= 11 is 0. The highest BCUT2D eigenvalue weighted by Gasteiger charge is 2.46. The van der Waals surface area contributed by atoms with Crippen LogP contribution in [0.3, 0.4) is 0 Å². The lowest BCUT2D eigenvalue weighted by atomic mass is 9.77. The number of aliphatic hydroxyl groups is 1. The Kier molecular flexibility index (Phi) is 5.08. The normalized spacial score (nSPS) is 30.8. The molecule has 120 valence electrons. The van der Waals surface area contributed by atoms with Crippen molar-refractivity contribution in [3.8, 4) is 0 Å². The molecule has 6 heteroatoms. The SMILES string of the molecule is CC1CN(C(=O)C2(C(N)=NO)CCCCCC2)CCC1O. The Labute approximate surface area is 126 Å². The zero-order chi connectivity index (χ0) is 15.5. The van der Waals surface area contributed by atoms with Crippen LogP contribution in [0.4, 0.5) is 0 Å². The van der Waals surface area contributed by atoms with Crippen molar-refractivity contribution in [3.05, 3.63) is 0 Å². The summed E-state index contributed by atoms with van der Waals surface area (Å²) in [6, 6.07) is 0. The van der Waals surface area contributed by atoms with Gasteiger partial charge in [-0.15, -0.1) is 0 Å². The summed E-state index contributed by atoms with van der Waals surface area (Å²) in [6.07, 6.45) is 5.57. The van der Waals surface area contributed by atoms with Gasteiger partial charge in [-0.25, -0.2) is 0 Å². The molecular formula is C15H27N3O3. The molecule has 1 amide bonds. The summed E-state index contributed by atoms with van der Waals surface area (Å²) in [5.41, 5.74) is 5.07. The molecule has 0 spiro atoms. The van der Waals surface area contributed by atoms with E-state index in [1.165, 1.54) is 0 Å². The van der Waals surface area contributed by atoms with Crippen LogP contribution in [0.15, 0.2) is 5.16 Å². The highest BCUT2D eigenvalue weighted by molar-refractivity contribution is 6.06. The van der Waals surface area contributed by atoms with Crippen LogP contribution < -0.4 is 5.73 Å². The number of amidine groups is 1. The van der Waals surface area contributed by atoms with Crippen molar-refractivity contribution in [1.29, 1.82) is 0 Å². The zero-order valence-electron chi connectivity index (χ0n) is 12.8. The fourth-order valence-corrected chi connectivity index (χ4v) is 3.63. The quantitative estimate of drug-likeness (QED) is 0.235. The van der Waals surface area contributed by atoms with E-state index in [1.54, 1.807) is 4.90 Å². The Morgan fingerprint density at radius 1 is 1.29 bits per heavy atom. The van der Waals surface area contributed by atoms with Gasteiger partial charge in [0.15, 0.2) is 5.84 Å². The topological polar surface area (TPSA) is 99.2 Å². The number of likely N-dealkylation sites (tertiary alicyclic amines) is 1. The molecule has 0 aromatic carbocycles. The van der Waals surface area contributed by atoms with E-state index in [1.807, 2.05) is 6.92 Å². The number of oxime groups is 1. The van der Waals surface area contributed by atoms with Crippen LogP contribution in [0.25, 0.3) is 0 Å². The average Bonchev–Trinajstić information content (AvgIpc) is 2.75. The summed E-state index contributed by atoms with van der Waals surface area (Å²) in [6.45, 7) is 3.04. The lowest BCUT2D eigenvalue weighted by Crippen LogP contribution is -2.55. The number of nitrogens with zero attached hydrogens (tertiary/aromatic N) is 2. The van der Waals surface area contributed by atoms with Crippen LogP contribution in [-0.2, 0) is 4.79 Å². The number of hydrogen-bond acceptors (Lipinski definition) is 4. The maximum absolute atomic E-state index is 13.1. The number of amides is 1. The van der Waals surface area contributed by atoms with Crippen molar-refractivity contribution in [1.82, 2.24) is 4.90 Å². The van der Waals surface area contributed by atoms with Gasteiger partial charge in [0.25, 0.3) is 0 Å². The predicted octanol–water partition coefficient (Wildman–Crippen LogP) is 1.30. The molecule has 6 nitrogen and oxygen atoms in total. The maximum atomic E-state index is 13.1. The Hall–Kier alpha value is -1.30. The maximum Gasteiger partial charge on any atom is 0.236 e. The molecule has 1 heterocycles. The molecule has 2 aliphatic rings. The largest absolute Gasteiger partial charge is 0.409 e. The van der Waals surface area contributed by atoms with Gasteiger partial charge in [-0.2, -0.15) is 0 Å². The number of nitrogens with two attached hydrogens (primary N) is 1. The number of carbonyl (C=O) groups is 1. The van der Waals surface area contributed by atoms with Gasteiger partial charge in [0, 0.05) is 13.1 Å². The number of carbonyl (C=O) groups excluding carboxylic acids is 1. The van der Waals surface area contributed by atoms with E-state index in [0.29, 0.717) is 32.4 Å². The van der Waals surface area contributed by atoms with Crippen LogP contribution in [0.2, 0.25) is 0 Å². The van der Waals surface area contributed by atoms with Gasteiger partial charge in [0.2, 0.25) is 5.91 Å². The number of rotatable bonds is 2. The van der Waals surface area contributed by atoms with Crippen LogP contribution in [0.5, 0.6) is 0 Å². The number of aliphatic hydroxyl groups excluding tert-OH is 1. The third-order valence-corrected chi connectivity index (χ3v) is 5.11. The lowest BCUT2D eigenvalue weighted by molar-refractivity contribution is -0.142. The minimum atomic E-state index is -0.854. The van der Waals surface area contributed by atoms with Crippen LogP contribution in [0.1, 0.15) is 51.9 Å². The zero-order valence-corrected chi connectivity index (χ0v) is 12.8. The molecule has 1 saturated carbocycles. The molecule has 1 aliphatic carbocycles. The predicted molar refractivity (Wildman–Crippen MR) is 79.9 cm³/mol. The Morgan fingerprint density at radius 2 is 1.90 bits per heavy atom. The van der Waals surface area contributed by atoms with Gasteiger partial charge in [-0.05, 0) is 25.2 Å². The standard InChI is InChI=1S/C15H27N3O3/c1-11-10-18(9-6-12(11)19)14(20)15(13(16)17-21)7-4-2-3-5-8-15/h11-12,19,21H,2-10H2,1H3,(H2,16,17). The lowest BCUT2D eigenvalue weighted by Gasteiger charge is -2.40. The first-order chi connectivity index (χ1) is 10.0. The third kappa shape index (κ3) is 3.15. The summed E-state index contributed by atoms with van der Waals surface area (Å²) in [7, 11) is 0. The van der Waals surface area contributed by atoms with Gasteiger partial charge in [-0.3, -0.25) is 4.79 Å². The first kappa shape index (κ1) is 16.1. The summed E-state index contributed by atoms with van der Waals surface area (Å²) < 4.78 is 0. The molecule has 0 radical (unpaired) electrons. The molecule has 0 aromatic heterocycles. The van der Waals surface area contributed by atoms with Crippen LogP contribution in [-0.4, -0.2) is 46.1 Å². The second kappa shape index (κ2) is 6.64. The van der Waals surface area contributed by atoms with E-state index >= 15 is 0 Å². The fraction of sp³-hybridized carbons (Fsp3) is 0.867. The van der Waals surface area contributed by atoms with Gasteiger partial charge >= 0.3 is 0 Å². The second-order valence-corrected chi connectivity index (χ2v) is 6.57. The van der Waals surface area contributed by atoms with Crippen molar-refractivity contribution in [2.75, 3.05) is 13.1 Å². The van der Waals surface area contributed by atoms with E-state index in [-0.39, 0.29) is 23.8 Å². The molecule has 0 aromatic rings. The highest BCUT2D eigenvalue weighted by atomic mass is 16.4. The van der Waals surface area contributed by atoms with E-state index < -0.39 is 5.41 Å². The minimum Gasteiger partial charge on any atom is -0.409 e. The Balaban J connectivity index is 2.22. The molecule has 2 unspecified atom stereocenters. The Bertz CT molecular complexity index is 403. The van der Waals surface area contributed by atoms with E-state index in [2.05, 4.69) is 5.16 Å². The molecule has 1 aliphatic heterocycles. The van der Waals surface area contributed by atoms with Crippen LogP contribution in [0, 0.1) is 11.3 Å². The molecule has 0 bridgehead atoms. The monoisotopic (exact) mass is 297 g/mol. The van der Waals surface area contributed by atoms with Crippen molar-refractivity contribution >= 4 is 11.7 Å². The minimum absolute atomic E-state index is 0.0292. The van der Waals surface area contributed by atoms with Crippen molar-refractivity contribution < 1.29 is 15.1 Å². The number of piperidine rings is 1. The highest BCUT2D eigenvalue weighted by Crippen LogP contribution is 2.38. The van der Waals surface area contributed by atoms with Gasteiger partial charge in [0.05, 0.1) is 6.10 Å². The van der Waals surface area contributed by atoms with E-state index in [9.17, 15) is 9.90 Å². The fourth-order valence-electron chi connectivity index (χ4n) is 3.63. The van der Waals surface area contributed by atoms with Crippen molar-refractivity contribution in [3.63, 3.8) is 0 Å². The molecule has 21 heavy (non-hydrogen) atoms. The average molecular weight is 297 g/mol. The molecule has 2 atom stereocenters. The third-order valence-electron chi connectivity index (χ3n) is 5.11. The van der Waals surface area contributed by atoms with Gasteiger partial charge < -0.3 is 20.9 Å². The summed E-state index contributed by atoms with van der Waals surface area (Å²) in [5, 5.41) is 22.1. The first-order valence-electron chi connectivity index (χ1n) is 7.96. The molecule has 2 fully saturated rings. The summed E-state index contributed by atoms with van der Waals surface area (Å²) in [4.78, 5) is 14.8. The van der Waals surface area contributed by atoms with Gasteiger partial charge in [0.1, 0.15) is 5.41 Å².